The summed E-state index contributed by atoms with van der Waals surface area (Å²) in [5.41, 5.74) is 0. The van der Waals surface area contributed by atoms with E-state index in [-0.39, 0.29) is 28.7 Å². The van der Waals surface area contributed by atoms with Crippen LogP contribution in [-0.2, 0) is 13.8 Å². The summed E-state index contributed by atoms with van der Waals surface area (Å²) >= 11 is 5.63. The number of aliphatic carboxylic acids is 1. The third kappa shape index (κ3) is 4.41. The Bertz CT molecular complexity index is 526. The first-order valence-electron chi connectivity index (χ1n) is 4.39. The second-order valence-corrected chi connectivity index (χ2v) is 5.99. The molecule has 0 heterocycles. The molecule has 8 heteroatoms. The van der Waals surface area contributed by atoms with E-state index in [4.69, 9.17) is 32.1 Å². The van der Waals surface area contributed by atoms with Crippen molar-refractivity contribution in [1.82, 2.24) is 0 Å². The summed E-state index contributed by atoms with van der Waals surface area (Å²) in [6.07, 6.45) is -0.246. The van der Waals surface area contributed by atoms with Gasteiger partial charge in [0.1, 0.15) is 10.6 Å². The minimum absolute atomic E-state index is 0.0225. The van der Waals surface area contributed by atoms with Crippen molar-refractivity contribution in [3.8, 4) is 5.75 Å². The van der Waals surface area contributed by atoms with Crippen LogP contribution in [0.2, 0.25) is 5.02 Å². The lowest BCUT2D eigenvalue weighted by Crippen LogP contribution is -2.06. The van der Waals surface area contributed by atoms with Crippen molar-refractivity contribution in [1.29, 1.82) is 0 Å². The Hall–Kier alpha value is -0.980. The number of hydrogen-bond acceptors (Lipinski definition) is 4. The lowest BCUT2D eigenvalue weighted by Gasteiger charge is -2.08. The molecule has 1 aromatic rings. The third-order valence-electron chi connectivity index (χ3n) is 1.74. The van der Waals surface area contributed by atoms with E-state index in [1.54, 1.807) is 0 Å². The standard InChI is InChI=1S/C9H8Cl2O5S/c10-6-1-2-7(16-4-3-9(12)13)8(5-6)17(11,14)15/h1-2,5H,3-4H2,(H,12,13). The highest BCUT2D eigenvalue weighted by Crippen LogP contribution is 2.29. The quantitative estimate of drug-likeness (QED) is 0.842. The Balaban J connectivity index is 2.95. The summed E-state index contributed by atoms with van der Waals surface area (Å²) in [4.78, 5) is 10.00. The van der Waals surface area contributed by atoms with Crippen molar-refractivity contribution in [3.63, 3.8) is 0 Å². The fraction of sp³-hybridized carbons (Fsp3) is 0.222. The van der Waals surface area contributed by atoms with Crippen LogP contribution in [0.4, 0.5) is 0 Å². The molecular formula is C9H8Cl2O5S. The maximum absolute atomic E-state index is 11.2. The normalized spacial score (nSPS) is 11.2. The summed E-state index contributed by atoms with van der Waals surface area (Å²) in [5.74, 6) is -1.07. The molecule has 0 saturated carbocycles. The van der Waals surface area contributed by atoms with Gasteiger partial charge in [0, 0.05) is 15.7 Å². The molecule has 1 rings (SSSR count). The van der Waals surface area contributed by atoms with Gasteiger partial charge in [-0.2, -0.15) is 0 Å². The van der Waals surface area contributed by atoms with Crippen LogP contribution in [0.15, 0.2) is 23.1 Å². The van der Waals surface area contributed by atoms with Crippen LogP contribution in [-0.4, -0.2) is 26.1 Å². The van der Waals surface area contributed by atoms with Gasteiger partial charge in [-0.05, 0) is 18.2 Å². The second kappa shape index (κ2) is 5.57. The van der Waals surface area contributed by atoms with Crippen molar-refractivity contribution < 1.29 is 23.1 Å². The number of carbonyl (C=O) groups is 1. The maximum Gasteiger partial charge on any atom is 0.306 e. The number of benzene rings is 1. The molecule has 17 heavy (non-hydrogen) atoms. The van der Waals surface area contributed by atoms with Crippen molar-refractivity contribution in [3.05, 3.63) is 23.2 Å². The third-order valence-corrected chi connectivity index (χ3v) is 3.32. The summed E-state index contributed by atoms with van der Waals surface area (Å²) in [6.45, 7) is -0.156. The van der Waals surface area contributed by atoms with E-state index in [9.17, 15) is 13.2 Å². The van der Waals surface area contributed by atoms with Gasteiger partial charge in [-0.1, -0.05) is 11.6 Å². The van der Waals surface area contributed by atoms with E-state index in [2.05, 4.69) is 0 Å². The van der Waals surface area contributed by atoms with E-state index in [0.29, 0.717) is 0 Å². The van der Waals surface area contributed by atoms with Crippen molar-refractivity contribution >= 4 is 37.3 Å². The molecule has 1 N–H and O–H groups in total. The van der Waals surface area contributed by atoms with E-state index in [0.717, 1.165) is 6.07 Å². The van der Waals surface area contributed by atoms with Crippen LogP contribution < -0.4 is 4.74 Å². The molecule has 0 bridgehead atoms. The van der Waals surface area contributed by atoms with E-state index in [1.807, 2.05) is 0 Å². The zero-order valence-corrected chi connectivity index (χ0v) is 10.7. The van der Waals surface area contributed by atoms with E-state index < -0.39 is 15.0 Å². The molecule has 0 saturated heterocycles. The number of rotatable bonds is 5. The van der Waals surface area contributed by atoms with Crippen LogP contribution in [0, 0.1) is 0 Å². The van der Waals surface area contributed by atoms with E-state index >= 15 is 0 Å². The van der Waals surface area contributed by atoms with Gasteiger partial charge in [0.15, 0.2) is 0 Å². The zero-order valence-electron chi connectivity index (χ0n) is 8.39. The predicted octanol–water partition coefficient (Wildman–Crippen LogP) is 2.12. The Morgan fingerprint density at radius 3 is 2.59 bits per heavy atom. The molecule has 0 unspecified atom stereocenters. The average molecular weight is 299 g/mol. The molecule has 0 spiro atoms. The molecule has 0 aliphatic rings. The van der Waals surface area contributed by atoms with Crippen LogP contribution in [0.5, 0.6) is 5.75 Å². The van der Waals surface area contributed by atoms with E-state index in [1.165, 1.54) is 12.1 Å². The first-order chi connectivity index (χ1) is 7.80. The van der Waals surface area contributed by atoms with Crippen molar-refractivity contribution in [2.45, 2.75) is 11.3 Å². The van der Waals surface area contributed by atoms with Crippen molar-refractivity contribution in [2.24, 2.45) is 0 Å². The fourth-order valence-electron chi connectivity index (χ4n) is 1.04. The van der Waals surface area contributed by atoms with Gasteiger partial charge in [-0.3, -0.25) is 4.79 Å². The van der Waals surface area contributed by atoms with Gasteiger partial charge in [-0.15, -0.1) is 0 Å². The first-order valence-corrected chi connectivity index (χ1v) is 7.08. The Morgan fingerprint density at radius 2 is 2.06 bits per heavy atom. The molecule has 0 amide bonds. The molecule has 94 valence electrons. The number of hydrogen-bond donors (Lipinski definition) is 1. The summed E-state index contributed by atoms with van der Waals surface area (Å²) in [5, 5.41) is 8.61. The summed E-state index contributed by atoms with van der Waals surface area (Å²) in [7, 11) is 1.20. The van der Waals surface area contributed by atoms with Gasteiger partial charge in [0.05, 0.1) is 13.0 Å². The lowest BCUT2D eigenvalue weighted by molar-refractivity contribution is -0.137. The molecule has 0 atom stereocenters. The largest absolute Gasteiger partial charge is 0.492 e. The molecule has 1 aromatic carbocycles. The highest BCUT2D eigenvalue weighted by atomic mass is 35.7. The van der Waals surface area contributed by atoms with Gasteiger partial charge < -0.3 is 9.84 Å². The fourth-order valence-corrected chi connectivity index (χ4v) is 2.27. The monoisotopic (exact) mass is 298 g/mol. The highest BCUT2D eigenvalue weighted by molar-refractivity contribution is 8.13. The van der Waals surface area contributed by atoms with Gasteiger partial charge in [-0.25, -0.2) is 8.42 Å². The first kappa shape index (κ1) is 14.1. The van der Waals surface area contributed by atoms with Gasteiger partial charge >= 0.3 is 5.97 Å². The number of ether oxygens (including phenoxy) is 1. The minimum Gasteiger partial charge on any atom is -0.492 e. The number of carboxylic acids is 1. The summed E-state index contributed by atoms with van der Waals surface area (Å²) < 4.78 is 27.5. The molecular weight excluding hydrogens is 291 g/mol. The van der Waals surface area contributed by atoms with Gasteiger partial charge in [0.25, 0.3) is 9.05 Å². The Kier molecular flexibility index (Phi) is 4.62. The molecule has 0 radical (unpaired) electrons. The van der Waals surface area contributed by atoms with Crippen molar-refractivity contribution in [2.75, 3.05) is 6.61 Å². The predicted molar refractivity (Wildman–Crippen MR) is 62.2 cm³/mol. The molecule has 5 nitrogen and oxygen atoms in total. The number of carboxylic acid groups (broad SMARTS) is 1. The molecule has 0 aliphatic carbocycles. The van der Waals surface area contributed by atoms with Crippen LogP contribution >= 0.6 is 22.3 Å². The average Bonchev–Trinajstić information content (AvgIpc) is 2.18. The smallest absolute Gasteiger partial charge is 0.306 e. The molecule has 0 fully saturated rings. The van der Waals surface area contributed by atoms with Crippen LogP contribution in [0.3, 0.4) is 0 Å². The minimum atomic E-state index is -3.99. The van der Waals surface area contributed by atoms with Gasteiger partial charge in [0.2, 0.25) is 0 Å². The second-order valence-electron chi connectivity index (χ2n) is 3.02. The highest BCUT2D eigenvalue weighted by Gasteiger charge is 2.17. The SMILES string of the molecule is O=C(O)CCOc1ccc(Cl)cc1S(=O)(=O)Cl. The maximum atomic E-state index is 11.2. The number of halogens is 2. The lowest BCUT2D eigenvalue weighted by atomic mass is 10.3. The topological polar surface area (TPSA) is 80.7 Å². The van der Waals surface area contributed by atoms with Crippen LogP contribution in [0.25, 0.3) is 0 Å². The summed E-state index contributed by atoms with van der Waals surface area (Å²) in [6, 6.07) is 3.88. The zero-order chi connectivity index (χ0) is 13.1. The van der Waals surface area contributed by atoms with Crippen LogP contribution in [0.1, 0.15) is 6.42 Å². The Labute approximate surface area is 107 Å². The molecule has 0 aromatic heterocycles. The molecule has 0 aliphatic heterocycles. The Morgan fingerprint density at radius 1 is 1.41 bits per heavy atom.